The molecule has 1 heterocycles. The molecule has 25 heavy (non-hydrogen) atoms. The maximum atomic E-state index is 6.00. The van der Waals surface area contributed by atoms with Crippen LogP contribution in [0.25, 0.3) is 5.69 Å². The van der Waals surface area contributed by atoms with Crippen LogP contribution in [0.4, 0.5) is 5.69 Å². The Morgan fingerprint density at radius 3 is 2.20 bits per heavy atom. The van der Waals surface area contributed by atoms with E-state index < -0.39 is 0 Å². The van der Waals surface area contributed by atoms with Crippen molar-refractivity contribution in [2.75, 3.05) is 0 Å². The lowest BCUT2D eigenvalue weighted by Gasteiger charge is -2.09. The van der Waals surface area contributed by atoms with E-state index in [1.807, 2.05) is 30.5 Å². The first-order valence-corrected chi connectivity index (χ1v) is 8.92. The smallest absolute Gasteiger partial charge is 0.0630 e. The third-order valence-corrected chi connectivity index (χ3v) is 4.72. The summed E-state index contributed by atoms with van der Waals surface area (Å²) in [6, 6.07) is 18.5. The number of rotatable bonds is 4. The van der Waals surface area contributed by atoms with Crippen LogP contribution in [-0.2, 0) is 0 Å². The van der Waals surface area contributed by atoms with Crippen molar-refractivity contribution in [2.24, 2.45) is 4.99 Å². The van der Waals surface area contributed by atoms with E-state index in [1.54, 1.807) is 0 Å². The minimum absolute atomic E-state index is 0.538. The highest BCUT2D eigenvalue weighted by Gasteiger charge is 2.09. The van der Waals surface area contributed by atoms with E-state index in [0.29, 0.717) is 5.92 Å². The van der Waals surface area contributed by atoms with E-state index in [1.165, 1.54) is 17.0 Å². The van der Waals surface area contributed by atoms with Crippen LogP contribution in [0.3, 0.4) is 0 Å². The maximum Gasteiger partial charge on any atom is 0.0630 e. The highest BCUT2D eigenvalue weighted by atomic mass is 35.5. The molecule has 0 aliphatic heterocycles. The minimum Gasteiger partial charge on any atom is -0.318 e. The van der Waals surface area contributed by atoms with Crippen molar-refractivity contribution < 1.29 is 0 Å². The van der Waals surface area contributed by atoms with Crippen molar-refractivity contribution in [2.45, 2.75) is 33.6 Å². The molecular weight excluding hydrogens is 328 g/mol. The molecule has 0 atom stereocenters. The summed E-state index contributed by atoms with van der Waals surface area (Å²) < 4.78 is 2.22. The molecule has 2 aromatic carbocycles. The van der Waals surface area contributed by atoms with Gasteiger partial charge in [-0.3, -0.25) is 4.99 Å². The average molecular weight is 351 g/mol. The molecular formula is C22H23ClN2. The topological polar surface area (TPSA) is 17.3 Å². The summed E-state index contributed by atoms with van der Waals surface area (Å²) in [6.07, 6.45) is 1.94. The second-order valence-electron chi connectivity index (χ2n) is 6.64. The monoisotopic (exact) mass is 350 g/mol. The lowest BCUT2D eigenvalue weighted by atomic mass is 10.0. The summed E-state index contributed by atoms with van der Waals surface area (Å²) in [6.45, 7) is 8.62. The van der Waals surface area contributed by atoms with Crippen molar-refractivity contribution in [3.63, 3.8) is 0 Å². The van der Waals surface area contributed by atoms with Gasteiger partial charge in [-0.1, -0.05) is 37.6 Å². The largest absolute Gasteiger partial charge is 0.318 e. The Hall–Kier alpha value is -2.32. The predicted octanol–water partition coefficient (Wildman–Crippen LogP) is 6.62. The van der Waals surface area contributed by atoms with Gasteiger partial charge < -0.3 is 4.57 Å². The van der Waals surface area contributed by atoms with Gasteiger partial charge >= 0.3 is 0 Å². The van der Waals surface area contributed by atoms with Crippen LogP contribution in [0.1, 0.15) is 42.3 Å². The van der Waals surface area contributed by atoms with Crippen LogP contribution in [0.15, 0.2) is 59.6 Å². The van der Waals surface area contributed by atoms with Gasteiger partial charge in [0.2, 0.25) is 0 Å². The van der Waals surface area contributed by atoms with Crippen molar-refractivity contribution >= 4 is 23.5 Å². The quantitative estimate of drug-likeness (QED) is 0.470. The predicted molar refractivity (Wildman–Crippen MR) is 108 cm³/mol. The van der Waals surface area contributed by atoms with Gasteiger partial charge in [0.1, 0.15) is 0 Å². The Balaban J connectivity index is 1.88. The van der Waals surface area contributed by atoms with E-state index in [2.05, 4.69) is 67.6 Å². The number of aryl methyl sites for hydroxylation is 1. The Bertz CT molecular complexity index is 885. The summed E-state index contributed by atoms with van der Waals surface area (Å²) in [5, 5.41) is 0.748. The minimum atomic E-state index is 0.538. The first kappa shape index (κ1) is 17.5. The molecule has 3 heteroatoms. The molecule has 0 bridgehead atoms. The number of aliphatic imine (C=N–C) groups is 1. The Kier molecular flexibility index (Phi) is 5.10. The van der Waals surface area contributed by atoms with E-state index in [4.69, 9.17) is 11.6 Å². The number of hydrogen-bond acceptors (Lipinski definition) is 1. The maximum absolute atomic E-state index is 6.00. The Labute approximate surface area is 154 Å². The third-order valence-electron chi connectivity index (χ3n) is 4.47. The van der Waals surface area contributed by atoms with Crippen molar-refractivity contribution in [3.05, 3.63) is 82.1 Å². The summed E-state index contributed by atoms with van der Waals surface area (Å²) in [5.41, 5.74) is 6.89. The SMILES string of the molecule is Cc1cc(C=Nc2ccc(C(C)C)cc2)c(C)n1-c1ccc(Cl)cc1. The van der Waals surface area contributed by atoms with Gasteiger partial charge in [-0.25, -0.2) is 0 Å². The first-order valence-electron chi connectivity index (χ1n) is 8.54. The normalized spacial score (nSPS) is 11.6. The number of hydrogen-bond donors (Lipinski definition) is 0. The molecule has 0 saturated heterocycles. The third kappa shape index (κ3) is 3.85. The summed E-state index contributed by atoms with van der Waals surface area (Å²) in [7, 11) is 0. The van der Waals surface area contributed by atoms with E-state index in [9.17, 15) is 0 Å². The summed E-state index contributed by atoms with van der Waals surface area (Å²) in [5.74, 6) is 0.538. The van der Waals surface area contributed by atoms with Crippen LogP contribution in [0, 0.1) is 13.8 Å². The Morgan fingerprint density at radius 2 is 1.60 bits per heavy atom. The van der Waals surface area contributed by atoms with Crippen molar-refractivity contribution in [1.29, 1.82) is 0 Å². The van der Waals surface area contributed by atoms with Crippen molar-refractivity contribution in [3.8, 4) is 5.69 Å². The van der Waals surface area contributed by atoms with Gasteiger partial charge in [-0.15, -0.1) is 0 Å². The van der Waals surface area contributed by atoms with Crippen LogP contribution < -0.4 is 0 Å². The van der Waals surface area contributed by atoms with Gasteiger partial charge in [-0.2, -0.15) is 0 Å². The molecule has 0 fully saturated rings. The van der Waals surface area contributed by atoms with Crippen LogP contribution in [0.2, 0.25) is 5.02 Å². The molecule has 0 N–H and O–H groups in total. The molecule has 0 saturated carbocycles. The molecule has 0 aliphatic carbocycles. The summed E-state index contributed by atoms with van der Waals surface area (Å²) >= 11 is 6.00. The van der Waals surface area contributed by atoms with Crippen LogP contribution >= 0.6 is 11.6 Å². The van der Waals surface area contributed by atoms with Crippen molar-refractivity contribution in [1.82, 2.24) is 4.57 Å². The van der Waals surface area contributed by atoms with Crippen LogP contribution in [-0.4, -0.2) is 10.8 Å². The van der Waals surface area contributed by atoms with E-state index >= 15 is 0 Å². The fraction of sp³-hybridized carbons (Fsp3) is 0.227. The van der Waals surface area contributed by atoms with Gasteiger partial charge in [0.15, 0.2) is 0 Å². The molecule has 3 aromatic rings. The summed E-state index contributed by atoms with van der Waals surface area (Å²) in [4.78, 5) is 4.64. The number of benzene rings is 2. The fourth-order valence-electron chi connectivity index (χ4n) is 3.00. The van der Waals surface area contributed by atoms with Crippen LogP contribution in [0.5, 0.6) is 0 Å². The van der Waals surface area contributed by atoms with E-state index in [-0.39, 0.29) is 0 Å². The first-order chi connectivity index (χ1) is 12.0. The molecule has 2 nitrogen and oxygen atoms in total. The second kappa shape index (κ2) is 7.28. The van der Waals surface area contributed by atoms with Gasteiger partial charge in [0.05, 0.1) is 5.69 Å². The second-order valence-corrected chi connectivity index (χ2v) is 7.08. The van der Waals surface area contributed by atoms with E-state index in [0.717, 1.165) is 22.0 Å². The molecule has 128 valence electrons. The molecule has 0 amide bonds. The standard InChI is InChI=1S/C22H23ClN2/c1-15(2)18-5-9-21(10-6-18)24-14-19-13-16(3)25(17(19)4)22-11-7-20(23)8-12-22/h5-15H,1-4H3. The highest BCUT2D eigenvalue weighted by molar-refractivity contribution is 6.30. The van der Waals surface area contributed by atoms with Gasteiger partial charge in [-0.05, 0) is 67.8 Å². The number of aromatic nitrogens is 1. The van der Waals surface area contributed by atoms with Gasteiger partial charge in [0, 0.05) is 33.9 Å². The Morgan fingerprint density at radius 1 is 0.960 bits per heavy atom. The lowest BCUT2D eigenvalue weighted by Crippen LogP contribution is -1.99. The fourth-order valence-corrected chi connectivity index (χ4v) is 3.12. The molecule has 0 unspecified atom stereocenters. The zero-order chi connectivity index (χ0) is 18.0. The zero-order valence-corrected chi connectivity index (χ0v) is 15.9. The van der Waals surface area contributed by atoms with Gasteiger partial charge in [0.25, 0.3) is 0 Å². The molecule has 0 aliphatic rings. The number of nitrogens with zero attached hydrogens (tertiary/aromatic N) is 2. The molecule has 0 radical (unpaired) electrons. The zero-order valence-electron chi connectivity index (χ0n) is 15.1. The highest BCUT2D eigenvalue weighted by Crippen LogP contribution is 2.23. The molecule has 1 aromatic heterocycles. The number of halogens is 1. The molecule has 3 rings (SSSR count). The average Bonchev–Trinajstić information content (AvgIpc) is 2.88. The lowest BCUT2D eigenvalue weighted by molar-refractivity contribution is 0.867. The molecule has 0 spiro atoms.